The van der Waals surface area contributed by atoms with E-state index < -0.39 is 0 Å². The average Bonchev–Trinajstić information content (AvgIpc) is 3.12. The van der Waals surface area contributed by atoms with Gasteiger partial charge in [-0.25, -0.2) is 0 Å². The van der Waals surface area contributed by atoms with Gasteiger partial charge in [-0.1, -0.05) is 155 Å². The van der Waals surface area contributed by atoms with Gasteiger partial charge in [0, 0.05) is 25.8 Å². The second kappa shape index (κ2) is 36.7. The molecule has 52 heavy (non-hydrogen) atoms. The van der Waals surface area contributed by atoms with Crippen LogP contribution in [-0.2, 0) is 16.0 Å². The maximum Gasteiger partial charge on any atom is 0.123 e. The van der Waals surface area contributed by atoms with Gasteiger partial charge in [-0.05, 0) is 84.2 Å². The van der Waals surface area contributed by atoms with E-state index in [2.05, 4.69) is 64.9 Å². The summed E-state index contributed by atoms with van der Waals surface area (Å²) in [5, 5.41) is 0. The lowest BCUT2D eigenvalue weighted by Gasteiger charge is -2.15. The highest BCUT2D eigenvalue weighted by molar-refractivity contribution is 5.38. The highest BCUT2D eigenvalue weighted by atomic mass is 16.5. The molecule has 0 radical (unpaired) electrons. The summed E-state index contributed by atoms with van der Waals surface area (Å²) in [7, 11) is 4.23. The molecule has 2 unspecified atom stereocenters. The summed E-state index contributed by atoms with van der Waals surface area (Å²) >= 11 is 0. The van der Waals surface area contributed by atoms with Crippen molar-refractivity contribution in [1.82, 2.24) is 4.90 Å². The van der Waals surface area contributed by atoms with Crippen LogP contribution in [0.25, 0.3) is 0 Å². The highest BCUT2D eigenvalue weighted by Crippen LogP contribution is 2.25. The van der Waals surface area contributed by atoms with E-state index in [9.17, 15) is 0 Å². The zero-order valence-corrected chi connectivity index (χ0v) is 35.8. The van der Waals surface area contributed by atoms with Gasteiger partial charge in [0.25, 0.3) is 0 Å². The molecule has 0 saturated heterocycles. The molecule has 0 aromatic heterocycles. The van der Waals surface area contributed by atoms with Crippen molar-refractivity contribution >= 4 is 0 Å². The molecule has 0 amide bonds. The van der Waals surface area contributed by atoms with Gasteiger partial charge in [-0.2, -0.15) is 0 Å². The summed E-state index contributed by atoms with van der Waals surface area (Å²) in [5.74, 6) is 1.88. The van der Waals surface area contributed by atoms with Crippen molar-refractivity contribution in [3.63, 3.8) is 0 Å². The summed E-state index contributed by atoms with van der Waals surface area (Å²) in [4.78, 5) is 2.20. The Morgan fingerprint density at radius 2 is 0.750 bits per heavy atom. The Morgan fingerprint density at radius 1 is 0.423 bits per heavy atom. The number of hydrogen-bond donors (Lipinski definition) is 0. The fourth-order valence-electron chi connectivity index (χ4n) is 6.97. The lowest BCUT2D eigenvalue weighted by molar-refractivity contribution is 0.0555. The molecule has 5 heteroatoms. The number of ether oxygens (including phenoxy) is 4. The summed E-state index contributed by atoms with van der Waals surface area (Å²) < 4.78 is 24.6. The summed E-state index contributed by atoms with van der Waals surface area (Å²) in [6.45, 7) is 13.3. The molecule has 0 bridgehead atoms. The molecule has 0 aliphatic rings. The normalized spacial score (nSPS) is 12.8. The van der Waals surface area contributed by atoms with Crippen LogP contribution >= 0.6 is 0 Å². The van der Waals surface area contributed by atoms with E-state index in [0.29, 0.717) is 12.2 Å². The van der Waals surface area contributed by atoms with Gasteiger partial charge in [0.1, 0.15) is 11.5 Å². The molecular weight excluding hydrogens is 643 g/mol. The summed E-state index contributed by atoms with van der Waals surface area (Å²) in [5.41, 5.74) is 1.25. The SMILES string of the molecule is CCCCCCCCCC(C)OCCCCCCCCOc1cc(CN(C)C)cc(OCCCCCCCCOC(C)CCCCCCCCC)c1. The zero-order chi connectivity index (χ0) is 37.7. The van der Waals surface area contributed by atoms with Crippen LogP contribution in [0.4, 0.5) is 0 Å². The van der Waals surface area contributed by atoms with E-state index in [0.717, 1.165) is 57.3 Å². The van der Waals surface area contributed by atoms with Crippen LogP contribution in [0.3, 0.4) is 0 Å². The van der Waals surface area contributed by atoms with Crippen molar-refractivity contribution in [3.8, 4) is 11.5 Å². The molecule has 2 atom stereocenters. The molecule has 1 aromatic rings. The molecule has 0 heterocycles. The third kappa shape index (κ3) is 32.2. The Balaban J connectivity index is 2.08. The molecule has 5 nitrogen and oxygen atoms in total. The Bertz CT molecular complexity index is 815. The largest absolute Gasteiger partial charge is 0.493 e. The van der Waals surface area contributed by atoms with Crippen LogP contribution < -0.4 is 9.47 Å². The van der Waals surface area contributed by atoms with Gasteiger partial charge >= 0.3 is 0 Å². The summed E-state index contributed by atoms with van der Waals surface area (Å²) in [6, 6.07) is 6.45. The predicted octanol–water partition coefficient (Wildman–Crippen LogP) is 14.3. The first-order valence-electron chi connectivity index (χ1n) is 22.7. The quantitative estimate of drug-likeness (QED) is 0.0629. The maximum absolute atomic E-state index is 6.22. The lowest BCUT2D eigenvalue weighted by atomic mass is 10.1. The Kier molecular flexibility index (Phi) is 34.4. The van der Waals surface area contributed by atoms with E-state index in [1.807, 2.05) is 0 Å². The van der Waals surface area contributed by atoms with Crippen LogP contribution in [-0.4, -0.2) is 57.6 Å². The topological polar surface area (TPSA) is 40.2 Å². The van der Waals surface area contributed by atoms with Gasteiger partial charge in [-0.15, -0.1) is 0 Å². The number of rotatable bonds is 40. The Labute approximate surface area is 325 Å². The minimum atomic E-state index is 0.416. The van der Waals surface area contributed by atoms with Gasteiger partial charge in [0.15, 0.2) is 0 Å². The monoisotopic (exact) mass is 732 g/mol. The first-order chi connectivity index (χ1) is 25.4. The predicted molar refractivity (Wildman–Crippen MR) is 226 cm³/mol. The van der Waals surface area contributed by atoms with E-state index in [-0.39, 0.29) is 0 Å². The molecular formula is C47H89NO4. The fourth-order valence-corrected chi connectivity index (χ4v) is 6.97. The summed E-state index contributed by atoms with van der Waals surface area (Å²) in [6.07, 6.45) is 37.2. The Hall–Kier alpha value is -1.30. The van der Waals surface area contributed by atoms with Crippen LogP contribution in [0.15, 0.2) is 18.2 Å². The van der Waals surface area contributed by atoms with Crippen molar-refractivity contribution in [3.05, 3.63) is 23.8 Å². The smallest absolute Gasteiger partial charge is 0.123 e. The number of unbranched alkanes of at least 4 members (excludes halogenated alkanes) is 22. The van der Waals surface area contributed by atoms with Crippen LogP contribution in [0.1, 0.15) is 213 Å². The van der Waals surface area contributed by atoms with E-state index >= 15 is 0 Å². The minimum absolute atomic E-state index is 0.416. The number of benzene rings is 1. The van der Waals surface area contributed by atoms with E-state index in [1.165, 1.54) is 173 Å². The zero-order valence-electron chi connectivity index (χ0n) is 35.8. The first kappa shape index (κ1) is 48.7. The van der Waals surface area contributed by atoms with Crippen molar-refractivity contribution in [1.29, 1.82) is 0 Å². The van der Waals surface area contributed by atoms with Gasteiger partial charge in [0.2, 0.25) is 0 Å². The van der Waals surface area contributed by atoms with Gasteiger partial charge in [0.05, 0.1) is 25.4 Å². The first-order valence-corrected chi connectivity index (χ1v) is 22.7. The number of hydrogen-bond acceptors (Lipinski definition) is 5. The lowest BCUT2D eigenvalue weighted by Crippen LogP contribution is -2.11. The highest BCUT2D eigenvalue weighted by Gasteiger charge is 2.07. The molecule has 0 aliphatic carbocycles. The third-order valence-corrected chi connectivity index (χ3v) is 10.3. The molecule has 306 valence electrons. The van der Waals surface area contributed by atoms with Gasteiger partial charge in [-0.3, -0.25) is 0 Å². The van der Waals surface area contributed by atoms with Crippen LogP contribution in [0, 0.1) is 0 Å². The molecule has 0 N–H and O–H groups in total. The fraction of sp³-hybridized carbons (Fsp3) is 0.872. The van der Waals surface area contributed by atoms with E-state index in [1.54, 1.807) is 0 Å². The van der Waals surface area contributed by atoms with Crippen molar-refractivity contribution in [2.45, 2.75) is 226 Å². The molecule has 0 spiro atoms. The second-order valence-electron chi connectivity index (χ2n) is 16.2. The minimum Gasteiger partial charge on any atom is -0.493 e. The average molecular weight is 732 g/mol. The number of nitrogens with zero attached hydrogens (tertiary/aromatic N) is 1. The van der Waals surface area contributed by atoms with E-state index in [4.69, 9.17) is 18.9 Å². The Morgan fingerprint density at radius 3 is 1.12 bits per heavy atom. The van der Waals surface area contributed by atoms with Gasteiger partial charge < -0.3 is 23.8 Å². The second-order valence-corrected chi connectivity index (χ2v) is 16.2. The molecule has 0 saturated carbocycles. The molecule has 0 aliphatic heterocycles. The molecule has 0 fully saturated rings. The standard InChI is InChI=1S/C47H89NO4/c1-7-9-11-13-15-21-27-33-43(3)49-35-29-23-17-19-25-31-37-51-46-39-45(42-48(5)6)40-47(41-46)52-38-32-26-20-18-24-30-36-50-44(4)34-28-22-16-14-12-10-8-2/h39-41,43-44H,7-38,42H2,1-6H3. The maximum atomic E-state index is 6.22. The van der Waals surface area contributed by atoms with Crippen molar-refractivity contribution in [2.75, 3.05) is 40.5 Å². The molecule has 1 aromatic carbocycles. The molecule has 1 rings (SSSR count). The van der Waals surface area contributed by atoms with Crippen molar-refractivity contribution in [2.24, 2.45) is 0 Å². The third-order valence-electron chi connectivity index (χ3n) is 10.3. The van der Waals surface area contributed by atoms with Crippen LogP contribution in [0.2, 0.25) is 0 Å². The van der Waals surface area contributed by atoms with Crippen molar-refractivity contribution < 1.29 is 18.9 Å². The van der Waals surface area contributed by atoms with Crippen LogP contribution in [0.5, 0.6) is 11.5 Å².